The molecular weight excluding hydrogens is 196 g/mol. The van der Waals surface area contributed by atoms with Crippen molar-refractivity contribution >= 4 is 17.4 Å². The van der Waals surface area contributed by atoms with Crippen LogP contribution in [0.4, 0.5) is 0 Å². The molecule has 0 atom stereocenters. The minimum atomic E-state index is -0.284. The van der Waals surface area contributed by atoms with Gasteiger partial charge in [0.05, 0.1) is 0 Å². The second-order valence-corrected chi connectivity index (χ2v) is 4.68. The summed E-state index contributed by atoms with van der Waals surface area (Å²) in [6.07, 6.45) is 0.763. The van der Waals surface area contributed by atoms with Gasteiger partial charge in [-0.1, -0.05) is 37.6 Å². The summed E-state index contributed by atoms with van der Waals surface area (Å²) in [5.74, 6) is 0.215. The molecule has 1 rings (SSSR count). The fourth-order valence-electron chi connectivity index (χ4n) is 1.24. The summed E-state index contributed by atoms with van der Waals surface area (Å²) in [6.45, 7) is 5.56. The van der Waals surface area contributed by atoms with Gasteiger partial charge in [0.15, 0.2) is 0 Å². The quantitative estimate of drug-likeness (QED) is 0.747. The number of hydrogen-bond donors (Lipinski definition) is 0. The zero-order valence-electron chi connectivity index (χ0n) is 8.80. The van der Waals surface area contributed by atoms with Crippen molar-refractivity contribution in [3.8, 4) is 0 Å². The van der Waals surface area contributed by atoms with Crippen LogP contribution >= 0.6 is 11.6 Å². The van der Waals surface area contributed by atoms with Crippen molar-refractivity contribution in [3.63, 3.8) is 0 Å². The molecule has 0 bridgehead atoms. The van der Waals surface area contributed by atoms with E-state index in [0.717, 1.165) is 17.0 Å². The summed E-state index contributed by atoms with van der Waals surface area (Å²) in [6, 6.07) is 7.64. The van der Waals surface area contributed by atoms with Gasteiger partial charge < -0.3 is 0 Å². The van der Waals surface area contributed by atoms with Gasteiger partial charge in [0.1, 0.15) is 5.78 Å². The molecule has 0 amide bonds. The average molecular weight is 211 g/mol. The average Bonchev–Trinajstić information content (AvgIpc) is 2.08. The van der Waals surface area contributed by atoms with Crippen LogP contribution in [0.2, 0.25) is 5.02 Å². The Labute approximate surface area is 90.1 Å². The lowest BCUT2D eigenvalue weighted by atomic mass is 9.82. The Morgan fingerprint density at radius 1 is 1.29 bits per heavy atom. The molecule has 1 aromatic rings. The third-order valence-corrected chi connectivity index (χ3v) is 2.76. The van der Waals surface area contributed by atoms with E-state index in [1.807, 2.05) is 38.1 Å². The number of Topliss-reactive ketones (excluding diaryl/α,β-unsaturated/α-hetero) is 1. The Morgan fingerprint density at radius 2 is 1.79 bits per heavy atom. The van der Waals surface area contributed by atoms with Crippen molar-refractivity contribution in [2.24, 2.45) is 5.41 Å². The van der Waals surface area contributed by atoms with E-state index in [2.05, 4.69) is 0 Å². The van der Waals surface area contributed by atoms with Gasteiger partial charge in [0.2, 0.25) is 0 Å². The summed E-state index contributed by atoms with van der Waals surface area (Å²) >= 11 is 5.78. The van der Waals surface area contributed by atoms with Crippen LogP contribution in [0, 0.1) is 5.41 Å². The van der Waals surface area contributed by atoms with Gasteiger partial charge in [-0.15, -0.1) is 0 Å². The topological polar surface area (TPSA) is 17.1 Å². The molecule has 0 unspecified atom stereocenters. The van der Waals surface area contributed by atoms with Crippen molar-refractivity contribution in [1.29, 1.82) is 0 Å². The second-order valence-electron chi connectivity index (χ2n) is 4.24. The lowest BCUT2D eigenvalue weighted by molar-refractivity contribution is -0.124. The number of carbonyl (C=O) groups is 1. The number of rotatable bonds is 3. The van der Waals surface area contributed by atoms with Crippen LogP contribution in [0.1, 0.15) is 26.3 Å². The van der Waals surface area contributed by atoms with E-state index in [4.69, 9.17) is 11.6 Å². The molecule has 2 heteroatoms. The van der Waals surface area contributed by atoms with Crippen LogP contribution < -0.4 is 0 Å². The molecule has 1 nitrogen and oxygen atoms in total. The molecule has 1 aromatic carbocycles. The lowest BCUT2D eigenvalue weighted by Crippen LogP contribution is -2.23. The maximum atomic E-state index is 11.3. The summed E-state index contributed by atoms with van der Waals surface area (Å²) in [5.41, 5.74) is 0.864. The highest BCUT2D eigenvalue weighted by Crippen LogP contribution is 2.23. The molecule has 0 N–H and O–H groups in total. The number of hydrogen-bond acceptors (Lipinski definition) is 1. The van der Waals surface area contributed by atoms with Crippen molar-refractivity contribution in [2.45, 2.75) is 27.2 Å². The minimum absolute atomic E-state index is 0.215. The standard InChI is InChI=1S/C12H15ClO/c1-9(14)12(2,3)8-10-4-6-11(13)7-5-10/h4-7H,8H2,1-3H3. The van der Waals surface area contributed by atoms with Crippen LogP contribution in [-0.2, 0) is 11.2 Å². The van der Waals surface area contributed by atoms with Crippen LogP contribution in [-0.4, -0.2) is 5.78 Å². The predicted octanol–water partition coefficient (Wildman–Crippen LogP) is 3.50. The Bertz CT molecular complexity index is 325. The zero-order chi connectivity index (χ0) is 10.8. The van der Waals surface area contributed by atoms with E-state index in [-0.39, 0.29) is 11.2 Å². The molecule has 0 aliphatic rings. The summed E-state index contributed by atoms with van der Waals surface area (Å²) in [5, 5.41) is 0.731. The molecule has 0 aliphatic carbocycles. The highest BCUT2D eigenvalue weighted by molar-refractivity contribution is 6.30. The molecule has 0 saturated carbocycles. The van der Waals surface area contributed by atoms with Gasteiger partial charge in [0.25, 0.3) is 0 Å². The van der Waals surface area contributed by atoms with E-state index in [1.54, 1.807) is 6.92 Å². The maximum Gasteiger partial charge on any atom is 0.135 e. The summed E-state index contributed by atoms with van der Waals surface area (Å²) < 4.78 is 0. The van der Waals surface area contributed by atoms with Crippen LogP contribution in [0.15, 0.2) is 24.3 Å². The third kappa shape index (κ3) is 2.85. The number of carbonyl (C=O) groups excluding carboxylic acids is 1. The molecule has 0 radical (unpaired) electrons. The van der Waals surface area contributed by atoms with Gasteiger partial charge in [0, 0.05) is 10.4 Å². The maximum absolute atomic E-state index is 11.3. The zero-order valence-corrected chi connectivity index (χ0v) is 9.56. The highest BCUT2D eigenvalue weighted by atomic mass is 35.5. The summed E-state index contributed by atoms with van der Waals surface area (Å²) in [7, 11) is 0. The second kappa shape index (κ2) is 4.14. The van der Waals surface area contributed by atoms with E-state index in [0.29, 0.717) is 0 Å². The van der Waals surface area contributed by atoms with E-state index in [9.17, 15) is 4.79 Å². The molecular formula is C12H15ClO. The van der Waals surface area contributed by atoms with E-state index >= 15 is 0 Å². The first-order valence-corrected chi connectivity index (χ1v) is 5.05. The van der Waals surface area contributed by atoms with E-state index in [1.165, 1.54) is 0 Å². The smallest absolute Gasteiger partial charge is 0.135 e. The molecule has 0 spiro atoms. The van der Waals surface area contributed by atoms with E-state index < -0.39 is 0 Å². The van der Waals surface area contributed by atoms with Gasteiger partial charge >= 0.3 is 0 Å². The largest absolute Gasteiger partial charge is 0.299 e. The monoisotopic (exact) mass is 210 g/mol. The first kappa shape index (κ1) is 11.3. The molecule has 0 saturated heterocycles. The lowest BCUT2D eigenvalue weighted by Gasteiger charge is -2.20. The Morgan fingerprint density at radius 3 is 2.21 bits per heavy atom. The normalized spacial score (nSPS) is 11.4. The van der Waals surface area contributed by atoms with Crippen molar-refractivity contribution in [3.05, 3.63) is 34.9 Å². The summed E-state index contributed by atoms with van der Waals surface area (Å²) in [4.78, 5) is 11.3. The molecule has 0 heterocycles. The Hall–Kier alpha value is -0.820. The van der Waals surface area contributed by atoms with Crippen LogP contribution in [0.25, 0.3) is 0 Å². The van der Waals surface area contributed by atoms with Crippen molar-refractivity contribution < 1.29 is 4.79 Å². The molecule has 0 aromatic heterocycles. The Kier molecular flexibility index (Phi) is 3.33. The van der Waals surface area contributed by atoms with Crippen molar-refractivity contribution in [2.75, 3.05) is 0 Å². The Balaban J connectivity index is 2.79. The highest BCUT2D eigenvalue weighted by Gasteiger charge is 2.23. The van der Waals surface area contributed by atoms with Gasteiger partial charge in [-0.25, -0.2) is 0 Å². The third-order valence-electron chi connectivity index (χ3n) is 2.51. The molecule has 76 valence electrons. The fraction of sp³-hybridized carbons (Fsp3) is 0.417. The van der Waals surface area contributed by atoms with Gasteiger partial charge in [-0.2, -0.15) is 0 Å². The van der Waals surface area contributed by atoms with Gasteiger partial charge in [-0.3, -0.25) is 4.79 Å². The fourth-order valence-corrected chi connectivity index (χ4v) is 1.36. The molecule has 0 fully saturated rings. The predicted molar refractivity (Wildman–Crippen MR) is 59.6 cm³/mol. The van der Waals surface area contributed by atoms with Gasteiger partial charge in [-0.05, 0) is 31.0 Å². The number of benzene rings is 1. The number of halogens is 1. The first-order chi connectivity index (χ1) is 6.42. The number of ketones is 1. The SMILES string of the molecule is CC(=O)C(C)(C)Cc1ccc(Cl)cc1. The minimum Gasteiger partial charge on any atom is -0.299 e. The van der Waals surface area contributed by atoms with Crippen molar-refractivity contribution in [1.82, 2.24) is 0 Å². The molecule has 0 aliphatic heterocycles. The van der Waals surface area contributed by atoms with Crippen LogP contribution in [0.3, 0.4) is 0 Å². The van der Waals surface area contributed by atoms with Crippen LogP contribution in [0.5, 0.6) is 0 Å². The first-order valence-electron chi connectivity index (χ1n) is 4.67. The molecule has 14 heavy (non-hydrogen) atoms.